The van der Waals surface area contributed by atoms with Crippen LogP contribution in [0.25, 0.3) is 0 Å². The first-order chi connectivity index (χ1) is 16.5. The van der Waals surface area contributed by atoms with Gasteiger partial charge in [0.2, 0.25) is 0 Å². The molecule has 7 heteroatoms. The molecule has 0 bridgehead atoms. The van der Waals surface area contributed by atoms with Crippen molar-refractivity contribution >= 4 is 40.4 Å². The van der Waals surface area contributed by atoms with Crippen LogP contribution in [0.2, 0.25) is 10.0 Å². The van der Waals surface area contributed by atoms with Crippen LogP contribution in [0.4, 0.5) is 11.5 Å². The van der Waals surface area contributed by atoms with E-state index in [0.29, 0.717) is 11.4 Å². The molecule has 174 valence electrons. The fourth-order valence-corrected chi connectivity index (χ4v) is 4.85. The molecule has 3 heterocycles. The van der Waals surface area contributed by atoms with Gasteiger partial charge in [-0.2, -0.15) is 0 Å². The Bertz CT molecular complexity index is 1230. The maximum atomic E-state index is 9.80. The number of piperidine rings is 1. The summed E-state index contributed by atoms with van der Waals surface area (Å²) in [5.41, 5.74) is 5.36. The standard InChI is InChI=1S/C27H26Cl2N4O/c1-17-25(14-18-4-2-3-5-23(18)29)32-27(22-15-20(28)7-8-24(22)31-17)19-6-9-26(30-16-19)33-12-10-21(34)11-13-33/h2-9,15-16,21,25,31,34H,1,10-14H2. The zero-order valence-corrected chi connectivity index (χ0v) is 20.2. The van der Waals surface area contributed by atoms with Crippen LogP contribution < -0.4 is 10.2 Å². The van der Waals surface area contributed by atoms with Gasteiger partial charge in [0.05, 0.1) is 17.9 Å². The van der Waals surface area contributed by atoms with Crippen LogP contribution in [-0.4, -0.2) is 41.0 Å². The molecule has 0 aliphatic carbocycles. The minimum Gasteiger partial charge on any atom is -0.393 e. The SMILES string of the molecule is C=C1Nc2ccc(Cl)cc2C(c2ccc(N3CCC(O)CC3)nc2)=NC1Cc1ccccc1Cl. The summed E-state index contributed by atoms with van der Waals surface area (Å²) in [6.07, 6.45) is 3.80. The number of hydrogen-bond donors (Lipinski definition) is 2. The van der Waals surface area contributed by atoms with Gasteiger partial charge in [-0.1, -0.05) is 48.0 Å². The first-order valence-electron chi connectivity index (χ1n) is 11.4. The van der Waals surface area contributed by atoms with E-state index in [2.05, 4.69) is 22.9 Å². The van der Waals surface area contributed by atoms with E-state index in [0.717, 1.165) is 70.6 Å². The molecular formula is C27H26Cl2N4O. The molecule has 3 aromatic rings. The Morgan fingerprint density at radius 3 is 2.59 bits per heavy atom. The van der Waals surface area contributed by atoms with Gasteiger partial charge in [-0.15, -0.1) is 0 Å². The summed E-state index contributed by atoms with van der Waals surface area (Å²) in [5.74, 6) is 0.909. The molecule has 34 heavy (non-hydrogen) atoms. The quantitative estimate of drug-likeness (QED) is 0.487. The summed E-state index contributed by atoms with van der Waals surface area (Å²) < 4.78 is 0. The monoisotopic (exact) mass is 492 g/mol. The number of pyridine rings is 1. The topological polar surface area (TPSA) is 60.8 Å². The lowest BCUT2D eigenvalue weighted by Crippen LogP contribution is -2.36. The van der Waals surface area contributed by atoms with E-state index in [1.54, 1.807) is 0 Å². The number of aliphatic imine (C=N–C) groups is 1. The van der Waals surface area contributed by atoms with Crippen molar-refractivity contribution in [1.82, 2.24) is 4.98 Å². The highest BCUT2D eigenvalue weighted by Gasteiger charge is 2.24. The predicted molar refractivity (Wildman–Crippen MR) is 140 cm³/mol. The second-order valence-electron chi connectivity index (χ2n) is 8.75. The third kappa shape index (κ3) is 4.83. The fourth-order valence-electron chi connectivity index (χ4n) is 4.46. The maximum Gasteiger partial charge on any atom is 0.128 e. The van der Waals surface area contributed by atoms with Crippen LogP contribution in [0.3, 0.4) is 0 Å². The van der Waals surface area contributed by atoms with Crippen LogP contribution >= 0.6 is 23.2 Å². The van der Waals surface area contributed by atoms with Gasteiger partial charge >= 0.3 is 0 Å². The summed E-state index contributed by atoms with van der Waals surface area (Å²) >= 11 is 12.8. The molecular weight excluding hydrogens is 467 g/mol. The molecule has 0 saturated carbocycles. The molecule has 1 aromatic heterocycles. The second-order valence-corrected chi connectivity index (χ2v) is 9.60. The van der Waals surface area contributed by atoms with Gasteiger partial charge in [-0.3, -0.25) is 4.99 Å². The number of hydrogen-bond acceptors (Lipinski definition) is 5. The molecule has 1 fully saturated rings. The van der Waals surface area contributed by atoms with E-state index in [1.165, 1.54) is 0 Å². The lowest BCUT2D eigenvalue weighted by molar-refractivity contribution is 0.145. The normalized spacial score (nSPS) is 18.7. The predicted octanol–water partition coefficient (Wildman–Crippen LogP) is 5.74. The Kier molecular flexibility index (Phi) is 6.59. The largest absolute Gasteiger partial charge is 0.393 e. The number of fused-ring (bicyclic) bond motifs is 1. The molecule has 0 radical (unpaired) electrons. The minimum absolute atomic E-state index is 0.215. The first kappa shape index (κ1) is 22.9. The Labute approximate surface area is 209 Å². The van der Waals surface area contributed by atoms with Crippen LogP contribution in [-0.2, 0) is 6.42 Å². The van der Waals surface area contributed by atoms with Gasteiger partial charge in [0.1, 0.15) is 5.82 Å². The number of benzene rings is 2. The van der Waals surface area contributed by atoms with E-state index in [1.807, 2.05) is 54.7 Å². The smallest absolute Gasteiger partial charge is 0.128 e. The summed E-state index contributed by atoms with van der Waals surface area (Å²) in [6.45, 7) is 5.88. The summed E-state index contributed by atoms with van der Waals surface area (Å²) in [4.78, 5) is 12.1. The van der Waals surface area contributed by atoms with Crippen molar-refractivity contribution in [2.75, 3.05) is 23.3 Å². The first-order valence-corrected chi connectivity index (χ1v) is 12.2. The average Bonchev–Trinajstić information content (AvgIpc) is 2.97. The maximum absolute atomic E-state index is 9.80. The van der Waals surface area contributed by atoms with Crippen molar-refractivity contribution in [3.63, 3.8) is 0 Å². The number of nitrogens with zero attached hydrogens (tertiary/aromatic N) is 3. The number of aliphatic hydroxyl groups is 1. The number of aliphatic hydroxyl groups excluding tert-OH is 1. The van der Waals surface area contributed by atoms with Crippen molar-refractivity contribution in [1.29, 1.82) is 0 Å². The molecule has 5 nitrogen and oxygen atoms in total. The Morgan fingerprint density at radius 2 is 1.85 bits per heavy atom. The third-order valence-electron chi connectivity index (χ3n) is 6.40. The second kappa shape index (κ2) is 9.79. The fraction of sp³-hybridized carbons (Fsp3) is 0.259. The lowest BCUT2D eigenvalue weighted by Gasteiger charge is -2.30. The minimum atomic E-state index is -0.218. The number of rotatable bonds is 4. The molecule has 5 rings (SSSR count). The van der Waals surface area contributed by atoms with Crippen molar-refractivity contribution in [2.24, 2.45) is 4.99 Å². The van der Waals surface area contributed by atoms with Gasteiger partial charge in [-0.05, 0) is 54.8 Å². The highest BCUT2D eigenvalue weighted by atomic mass is 35.5. The van der Waals surface area contributed by atoms with E-state index in [9.17, 15) is 5.11 Å². The van der Waals surface area contributed by atoms with Crippen molar-refractivity contribution in [3.05, 3.63) is 99.8 Å². The summed E-state index contributed by atoms with van der Waals surface area (Å²) in [7, 11) is 0. The molecule has 1 atom stereocenters. The molecule has 1 saturated heterocycles. The molecule has 0 spiro atoms. The summed E-state index contributed by atoms with van der Waals surface area (Å²) in [5, 5.41) is 14.6. The van der Waals surface area contributed by atoms with E-state index in [4.69, 9.17) is 33.2 Å². The van der Waals surface area contributed by atoms with Crippen molar-refractivity contribution < 1.29 is 5.11 Å². The Balaban J connectivity index is 1.52. The van der Waals surface area contributed by atoms with Crippen LogP contribution in [0.5, 0.6) is 0 Å². The van der Waals surface area contributed by atoms with Gasteiger partial charge in [-0.25, -0.2) is 4.98 Å². The molecule has 2 aromatic carbocycles. The molecule has 0 amide bonds. The lowest BCUT2D eigenvalue weighted by atomic mass is 10.0. The van der Waals surface area contributed by atoms with E-state index >= 15 is 0 Å². The number of nitrogens with one attached hydrogen (secondary N) is 1. The Hall–Kier alpha value is -2.86. The van der Waals surface area contributed by atoms with Crippen LogP contribution in [0.1, 0.15) is 29.5 Å². The molecule has 2 aliphatic rings. The molecule has 2 aliphatic heterocycles. The molecule has 2 N–H and O–H groups in total. The van der Waals surface area contributed by atoms with E-state index in [-0.39, 0.29) is 12.1 Å². The third-order valence-corrected chi connectivity index (χ3v) is 7.00. The highest BCUT2D eigenvalue weighted by Crippen LogP contribution is 2.31. The number of halogens is 2. The molecule has 1 unspecified atom stereocenters. The number of aromatic nitrogens is 1. The number of anilines is 2. The zero-order chi connectivity index (χ0) is 23.7. The summed E-state index contributed by atoms with van der Waals surface area (Å²) in [6, 6.07) is 17.4. The van der Waals surface area contributed by atoms with Gasteiger partial charge < -0.3 is 15.3 Å². The van der Waals surface area contributed by atoms with Crippen LogP contribution in [0, 0.1) is 0 Å². The van der Waals surface area contributed by atoms with Crippen molar-refractivity contribution in [3.8, 4) is 0 Å². The van der Waals surface area contributed by atoms with Gasteiger partial charge in [0.15, 0.2) is 0 Å². The zero-order valence-electron chi connectivity index (χ0n) is 18.7. The Morgan fingerprint density at radius 1 is 1.06 bits per heavy atom. The van der Waals surface area contributed by atoms with Gasteiger partial charge in [0, 0.05) is 58.3 Å². The van der Waals surface area contributed by atoms with Crippen molar-refractivity contribution in [2.45, 2.75) is 31.4 Å². The van der Waals surface area contributed by atoms with Gasteiger partial charge in [0.25, 0.3) is 0 Å². The number of benzodiazepines with no additional fused rings is 1. The van der Waals surface area contributed by atoms with Crippen LogP contribution in [0.15, 0.2) is 78.1 Å². The average molecular weight is 493 g/mol. The van der Waals surface area contributed by atoms with E-state index < -0.39 is 0 Å². The highest BCUT2D eigenvalue weighted by molar-refractivity contribution is 6.32.